The number of nitrogens with zero attached hydrogens (tertiary/aromatic N) is 2. The molecule has 0 bridgehead atoms. The summed E-state index contributed by atoms with van der Waals surface area (Å²) in [4.78, 5) is 94.4. The highest BCUT2D eigenvalue weighted by molar-refractivity contribution is 6.38. The van der Waals surface area contributed by atoms with Gasteiger partial charge < -0.3 is 35.8 Å². The lowest BCUT2D eigenvalue weighted by molar-refractivity contribution is -0.144. The molecule has 0 radical (unpaired) electrons. The van der Waals surface area contributed by atoms with Gasteiger partial charge in [-0.25, -0.2) is 4.79 Å². The molecule has 1 aromatic rings. The molecule has 14 heteroatoms. The molecule has 4 N–H and O–H groups in total. The summed E-state index contributed by atoms with van der Waals surface area (Å²) < 4.78 is 5.24. The molecular formula is C35H54N6O8. The van der Waals surface area contributed by atoms with Gasteiger partial charge in [-0.15, -0.1) is 0 Å². The number of ether oxygens (including phenoxy) is 1. The van der Waals surface area contributed by atoms with Gasteiger partial charge in [0.2, 0.25) is 29.4 Å². The Morgan fingerprint density at radius 1 is 0.980 bits per heavy atom. The van der Waals surface area contributed by atoms with E-state index in [0.717, 1.165) is 0 Å². The molecule has 1 heterocycles. The number of alkyl carbamates (subject to hydrolysis) is 1. The maximum absolute atomic E-state index is 13.9. The van der Waals surface area contributed by atoms with Crippen molar-refractivity contribution in [3.05, 3.63) is 35.9 Å². The highest BCUT2D eigenvalue weighted by Crippen LogP contribution is 2.28. The Hall–Kier alpha value is -4.49. The molecule has 49 heavy (non-hydrogen) atoms. The zero-order chi connectivity index (χ0) is 37.1. The fourth-order valence-electron chi connectivity index (χ4n) is 5.39. The van der Waals surface area contributed by atoms with Crippen molar-refractivity contribution < 1.29 is 38.3 Å². The Labute approximate surface area is 289 Å². The van der Waals surface area contributed by atoms with Crippen LogP contribution in [0.2, 0.25) is 0 Å². The van der Waals surface area contributed by atoms with Crippen molar-refractivity contribution in [2.45, 2.75) is 91.9 Å². The molecule has 5 atom stereocenters. The van der Waals surface area contributed by atoms with Crippen LogP contribution in [0, 0.1) is 17.3 Å². The molecule has 0 saturated carbocycles. The SMILES string of the molecule is CCC[C@@H](NC(=O)[C@@H]1C[C@@H](C)CN1C(=O)[C@@H](NC(=O)OCC(C)C)C(C)(C)C)C(=O)C(=O)NCC(=O)NC(C(=O)N(C)C)c1ccccc1. The van der Waals surface area contributed by atoms with Crippen LogP contribution in [0.1, 0.15) is 79.3 Å². The van der Waals surface area contributed by atoms with E-state index in [9.17, 15) is 33.6 Å². The summed E-state index contributed by atoms with van der Waals surface area (Å²) >= 11 is 0. The summed E-state index contributed by atoms with van der Waals surface area (Å²) in [5, 5.41) is 10.2. The van der Waals surface area contributed by atoms with Crippen LogP contribution in [0.5, 0.6) is 0 Å². The number of amides is 6. The number of ketones is 1. The number of rotatable bonds is 15. The molecule has 0 aliphatic carbocycles. The van der Waals surface area contributed by atoms with E-state index < -0.39 is 71.6 Å². The van der Waals surface area contributed by atoms with Gasteiger partial charge in [0.1, 0.15) is 18.1 Å². The summed E-state index contributed by atoms with van der Waals surface area (Å²) in [7, 11) is 3.11. The van der Waals surface area contributed by atoms with Gasteiger partial charge in [-0.3, -0.25) is 28.8 Å². The largest absolute Gasteiger partial charge is 0.449 e. The van der Waals surface area contributed by atoms with Crippen molar-refractivity contribution in [1.82, 2.24) is 31.1 Å². The summed E-state index contributed by atoms with van der Waals surface area (Å²) in [6.07, 6.45) is 0.179. The van der Waals surface area contributed by atoms with Crippen LogP contribution in [-0.4, -0.2) is 103 Å². The standard InChI is InChI=1S/C35H54N6O8/c1-10-14-24(28(43)31(45)36-18-26(42)38-27(32(46)40(8)9)23-15-12-11-13-16-23)37-30(44)25-17-22(4)19-41(25)33(47)29(35(5,6)7)39-34(48)49-20-21(2)3/h11-13,15-16,21-22,24-25,27,29H,10,14,17-20H2,1-9H3,(H,36,45)(H,37,44)(H,38,42)(H,39,48)/t22-,24-,25+,27?,29-/m1/s1. The lowest BCUT2D eigenvalue weighted by atomic mass is 9.85. The third-order valence-corrected chi connectivity index (χ3v) is 7.99. The number of hydrogen-bond donors (Lipinski definition) is 4. The van der Waals surface area contributed by atoms with Crippen LogP contribution in [0.3, 0.4) is 0 Å². The Bertz CT molecular complexity index is 1340. The van der Waals surface area contributed by atoms with E-state index in [1.54, 1.807) is 72.1 Å². The minimum Gasteiger partial charge on any atom is -0.449 e. The molecule has 1 unspecified atom stereocenters. The number of carbonyl (C=O) groups is 7. The Morgan fingerprint density at radius 2 is 1.61 bits per heavy atom. The van der Waals surface area contributed by atoms with Crippen molar-refractivity contribution in [1.29, 1.82) is 0 Å². The lowest BCUT2D eigenvalue weighted by Crippen LogP contribution is -2.59. The summed E-state index contributed by atoms with van der Waals surface area (Å²) in [5.41, 5.74) is -0.167. The molecule has 1 aliphatic rings. The van der Waals surface area contributed by atoms with E-state index in [1.165, 1.54) is 9.80 Å². The third-order valence-electron chi connectivity index (χ3n) is 7.99. The first-order chi connectivity index (χ1) is 22.9. The smallest absolute Gasteiger partial charge is 0.407 e. The van der Waals surface area contributed by atoms with Crippen LogP contribution >= 0.6 is 0 Å². The molecule has 1 saturated heterocycles. The maximum atomic E-state index is 13.9. The van der Waals surface area contributed by atoms with Gasteiger partial charge in [0.05, 0.1) is 19.2 Å². The van der Waals surface area contributed by atoms with Gasteiger partial charge in [-0.1, -0.05) is 85.2 Å². The predicted molar refractivity (Wildman–Crippen MR) is 183 cm³/mol. The van der Waals surface area contributed by atoms with Crippen molar-refractivity contribution in [3.8, 4) is 0 Å². The Kier molecular flexibility index (Phi) is 15.2. The van der Waals surface area contributed by atoms with Gasteiger partial charge in [0, 0.05) is 20.6 Å². The predicted octanol–water partition coefficient (Wildman–Crippen LogP) is 1.94. The average molecular weight is 687 g/mol. The van der Waals surface area contributed by atoms with E-state index in [4.69, 9.17) is 4.74 Å². The van der Waals surface area contributed by atoms with Crippen LogP contribution in [0.15, 0.2) is 30.3 Å². The first-order valence-corrected chi connectivity index (χ1v) is 16.8. The molecule has 1 fully saturated rings. The normalized spacial score (nSPS) is 17.7. The molecule has 1 aliphatic heterocycles. The van der Waals surface area contributed by atoms with Crippen molar-refractivity contribution in [3.63, 3.8) is 0 Å². The van der Waals surface area contributed by atoms with Crippen molar-refractivity contribution in [2.24, 2.45) is 17.3 Å². The highest BCUT2D eigenvalue weighted by Gasteiger charge is 2.45. The summed E-state index contributed by atoms with van der Waals surface area (Å²) in [5.74, 6) is -4.09. The van der Waals surface area contributed by atoms with Crippen molar-refractivity contribution >= 4 is 41.4 Å². The molecule has 272 valence electrons. The number of benzene rings is 1. The molecule has 2 rings (SSSR count). The van der Waals surface area contributed by atoms with E-state index in [0.29, 0.717) is 18.4 Å². The molecule has 0 spiro atoms. The van der Waals surface area contributed by atoms with Crippen LogP contribution in [0.25, 0.3) is 0 Å². The maximum Gasteiger partial charge on any atom is 0.407 e. The lowest BCUT2D eigenvalue weighted by Gasteiger charge is -2.35. The van der Waals surface area contributed by atoms with Crippen molar-refractivity contribution in [2.75, 3.05) is 33.8 Å². The monoisotopic (exact) mass is 686 g/mol. The zero-order valence-electron chi connectivity index (χ0n) is 30.3. The Morgan fingerprint density at radius 3 is 2.16 bits per heavy atom. The fourth-order valence-corrected chi connectivity index (χ4v) is 5.39. The first kappa shape index (κ1) is 40.7. The number of hydrogen-bond acceptors (Lipinski definition) is 8. The minimum absolute atomic E-state index is 0.0468. The third kappa shape index (κ3) is 12.2. The Balaban J connectivity index is 2.12. The van der Waals surface area contributed by atoms with E-state index in [2.05, 4.69) is 21.3 Å². The van der Waals surface area contributed by atoms with Gasteiger partial charge >= 0.3 is 6.09 Å². The van der Waals surface area contributed by atoms with E-state index in [-0.39, 0.29) is 37.3 Å². The van der Waals surface area contributed by atoms with Gasteiger partial charge in [0.25, 0.3) is 5.91 Å². The topological polar surface area (TPSA) is 183 Å². The molecule has 6 amide bonds. The number of likely N-dealkylation sites (N-methyl/N-ethyl adjacent to an activating group) is 1. The summed E-state index contributed by atoms with van der Waals surface area (Å²) in [6, 6.07) is 4.47. The quantitative estimate of drug-likeness (QED) is 0.202. The average Bonchev–Trinajstić information content (AvgIpc) is 3.44. The van der Waals surface area contributed by atoms with Gasteiger partial charge in [-0.2, -0.15) is 0 Å². The second-order valence-corrected chi connectivity index (χ2v) is 14.3. The first-order valence-electron chi connectivity index (χ1n) is 16.8. The van der Waals surface area contributed by atoms with Gasteiger partial charge in [0.15, 0.2) is 0 Å². The van der Waals surface area contributed by atoms with Gasteiger partial charge in [-0.05, 0) is 35.7 Å². The number of nitrogens with one attached hydrogen (secondary N) is 4. The van der Waals surface area contributed by atoms with Crippen LogP contribution < -0.4 is 21.3 Å². The van der Waals surface area contributed by atoms with E-state index in [1.807, 2.05) is 20.8 Å². The molecule has 14 nitrogen and oxygen atoms in total. The number of likely N-dealkylation sites (tertiary alicyclic amines) is 1. The second-order valence-electron chi connectivity index (χ2n) is 14.3. The molecule has 1 aromatic carbocycles. The molecular weight excluding hydrogens is 632 g/mol. The summed E-state index contributed by atoms with van der Waals surface area (Å²) in [6.45, 7) is 12.7. The molecule has 0 aromatic heterocycles. The second kappa shape index (κ2) is 18.3. The zero-order valence-corrected chi connectivity index (χ0v) is 30.3. The van der Waals surface area contributed by atoms with E-state index >= 15 is 0 Å². The fraction of sp³-hybridized carbons (Fsp3) is 0.629. The van der Waals surface area contributed by atoms with Crippen LogP contribution in [-0.2, 0) is 33.5 Å². The number of carbonyl (C=O) groups excluding carboxylic acids is 7. The highest BCUT2D eigenvalue weighted by atomic mass is 16.5. The number of Topliss-reactive ketones (excluding diaryl/α,β-unsaturated/α-hetero) is 1. The minimum atomic E-state index is -1.21. The van der Waals surface area contributed by atoms with Crippen LogP contribution in [0.4, 0.5) is 4.79 Å².